The smallest absolute Gasteiger partial charge is 1.00 e. The van der Waals surface area contributed by atoms with Crippen molar-refractivity contribution in [1.29, 1.82) is 0 Å². The van der Waals surface area contributed by atoms with E-state index in [0.29, 0.717) is 0 Å². The zero-order valence-electron chi connectivity index (χ0n) is 28.1. The zero-order chi connectivity index (χ0) is 31.1. The molecule has 8 aromatic rings. The second-order valence-electron chi connectivity index (χ2n) is 12.1. The van der Waals surface area contributed by atoms with Crippen molar-refractivity contribution in [3.63, 3.8) is 0 Å². The van der Waals surface area contributed by atoms with Crippen LogP contribution in [-0.4, -0.2) is 17.6 Å². The summed E-state index contributed by atoms with van der Waals surface area (Å²) < 4.78 is 0. The third-order valence-corrected chi connectivity index (χ3v) is 10.8. The van der Waals surface area contributed by atoms with Crippen LogP contribution in [0.4, 0.5) is 0 Å². The Hall–Kier alpha value is -2.78. The average Bonchev–Trinajstić information content (AvgIpc) is 3.80. The molecular weight excluding hydrogens is 723 g/mol. The maximum absolute atomic E-state index is 2.33. The van der Waals surface area contributed by atoms with Gasteiger partial charge in [0, 0.05) is 0 Å². The van der Waals surface area contributed by atoms with E-state index in [1.54, 1.807) is 10.4 Å². The molecule has 0 saturated heterocycles. The minimum absolute atomic E-state index is 0. The molecule has 0 nitrogen and oxygen atoms in total. The van der Waals surface area contributed by atoms with Crippen LogP contribution in [0, 0.1) is 13.8 Å². The van der Waals surface area contributed by atoms with E-state index < -0.39 is 0 Å². The Morgan fingerprint density at radius 3 is 0.894 bits per heavy atom. The van der Waals surface area contributed by atoms with Crippen LogP contribution in [-0.2, 0) is 26.2 Å². The SMILES string of the molecule is C[Si](C)c1cc2ccccc2[cH-]1.C[Si](C)c1cc2ccccc2[cH-]1.Cc1cc2ccccc2[cH-]1.Cc1cc2ccccc2[cH-]1.[Cl-].[Cl-].[Zr+4]. The maximum atomic E-state index is 2.33. The van der Waals surface area contributed by atoms with Gasteiger partial charge in [0.25, 0.3) is 0 Å². The van der Waals surface area contributed by atoms with Gasteiger partial charge in [-0.15, -0.1) is 141 Å². The fourth-order valence-corrected chi connectivity index (χ4v) is 7.27. The fourth-order valence-electron chi connectivity index (χ4n) is 5.49. The van der Waals surface area contributed by atoms with Crippen molar-refractivity contribution in [2.24, 2.45) is 0 Å². The van der Waals surface area contributed by atoms with E-state index in [-0.39, 0.29) is 68.6 Å². The quantitative estimate of drug-likeness (QED) is 0.176. The number of hydrogen-bond acceptors (Lipinski definition) is 0. The Bertz CT molecular complexity index is 1790. The van der Waals surface area contributed by atoms with E-state index in [9.17, 15) is 0 Å². The van der Waals surface area contributed by atoms with E-state index in [4.69, 9.17) is 0 Å². The predicted molar refractivity (Wildman–Crippen MR) is 202 cm³/mol. The van der Waals surface area contributed by atoms with Crippen LogP contribution < -0.4 is 35.2 Å². The average molecular weight is 765 g/mol. The third kappa shape index (κ3) is 11.1. The van der Waals surface area contributed by atoms with Gasteiger partial charge in [-0.2, -0.15) is 45.4 Å². The number of fused-ring (bicyclic) bond motifs is 4. The standard InChI is InChI=1S/2C11H12Si.2C10H9.2ClH.Zr/c2*1-12(2)11-7-9-5-3-4-6-10(9)8-11;2*1-8-6-9-4-2-3-5-10(9)7-8;;;/h2*3-8H,1-2H3;2*2-7H,1H3;2*1H;/q4*-1;;;+4/p-2. The summed E-state index contributed by atoms with van der Waals surface area (Å²) in [7, 11) is -0.546. The Morgan fingerprint density at radius 2 is 0.638 bits per heavy atom. The molecule has 0 aliphatic carbocycles. The molecule has 238 valence electrons. The third-order valence-electron chi connectivity index (χ3n) is 7.92. The van der Waals surface area contributed by atoms with Crippen LogP contribution in [0.15, 0.2) is 146 Å². The Labute approximate surface area is 316 Å². The van der Waals surface area contributed by atoms with Crippen LogP contribution in [0.2, 0.25) is 26.2 Å². The summed E-state index contributed by atoms with van der Waals surface area (Å²) in [6.07, 6.45) is 0. The molecule has 5 heteroatoms. The largest absolute Gasteiger partial charge is 4.00 e. The van der Waals surface area contributed by atoms with Crippen LogP contribution in [0.3, 0.4) is 0 Å². The molecule has 0 N–H and O–H groups in total. The second kappa shape index (κ2) is 19.3. The molecule has 0 fully saturated rings. The number of benzene rings is 4. The molecule has 0 bridgehead atoms. The van der Waals surface area contributed by atoms with E-state index >= 15 is 0 Å². The molecule has 0 heterocycles. The summed E-state index contributed by atoms with van der Waals surface area (Å²) in [5.41, 5.74) is 2.70. The minimum atomic E-state index is -0.273. The summed E-state index contributed by atoms with van der Waals surface area (Å²) in [6, 6.07) is 52.1. The molecule has 0 spiro atoms. The van der Waals surface area contributed by atoms with Gasteiger partial charge < -0.3 is 24.8 Å². The molecular formula is C42H42Cl2Si2Zr-2. The summed E-state index contributed by atoms with van der Waals surface area (Å²) in [5.74, 6) is 0. The van der Waals surface area contributed by atoms with Gasteiger partial charge in [-0.25, -0.2) is 0 Å². The van der Waals surface area contributed by atoms with Crippen molar-refractivity contribution < 1.29 is 51.0 Å². The predicted octanol–water partition coefficient (Wildman–Crippen LogP) is 4.78. The number of rotatable bonds is 2. The first kappa shape index (κ1) is 40.4. The Morgan fingerprint density at radius 1 is 0.383 bits per heavy atom. The molecule has 0 aromatic heterocycles. The van der Waals surface area contributed by atoms with Gasteiger partial charge in [0.2, 0.25) is 0 Å². The van der Waals surface area contributed by atoms with Crippen LogP contribution in [0.25, 0.3) is 43.1 Å². The van der Waals surface area contributed by atoms with E-state index in [0.717, 1.165) is 0 Å². The first-order valence-electron chi connectivity index (χ1n) is 15.4. The van der Waals surface area contributed by atoms with Crippen molar-refractivity contribution in [3.05, 3.63) is 157 Å². The van der Waals surface area contributed by atoms with E-state index in [1.807, 2.05) is 0 Å². The summed E-state index contributed by atoms with van der Waals surface area (Å²) >= 11 is 0. The maximum Gasteiger partial charge on any atom is 4.00 e. The van der Waals surface area contributed by atoms with Gasteiger partial charge in [0.05, 0.1) is 17.6 Å². The van der Waals surface area contributed by atoms with Gasteiger partial charge in [0.15, 0.2) is 0 Å². The number of hydrogen-bond donors (Lipinski definition) is 0. The van der Waals surface area contributed by atoms with Crippen molar-refractivity contribution in [3.8, 4) is 0 Å². The molecule has 0 aliphatic heterocycles. The first-order chi connectivity index (χ1) is 21.3. The molecule has 8 aromatic carbocycles. The first-order valence-corrected chi connectivity index (χ1v) is 20.4. The minimum Gasteiger partial charge on any atom is -1.00 e. The topological polar surface area (TPSA) is 0 Å². The monoisotopic (exact) mass is 762 g/mol. The van der Waals surface area contributed by atoms with Gasteiger partial charge in [-0.3, -0.25) is 0 Å². The van der Waals surface area contributed by atoms with Crippen molar-refractivity contribution in [2.45, 2.75) is 40.0 Å². The zero-order valence-corrected chi connectivity index (χ0v) is 34.1. The van der Waals surface area contributed by atoms with Crippen molar-refractivity contribution in [1.82, 2.24) is 0 Å². The molecule has 8 rings (SSSR count). The van der Waals surface area contributed by atoms with Crippen molar-refractivity contribution in [2.75, 3.05) is 0 Å². The Kier molecular flexibility index (Phi) is 16.6. The second-order valence-corrected chi connectivity index (χ2v) is 17.2. The van der Waals surface area contributed by atoms with E-state index in [1.165, 1.54) is 54.2 Å². The number of halogens is 2. The molecule has 47 heavy (non-hydrogen) atoms. The summed E-state index contributed by atoms with van der Waals surface area (Å²) in [5, 5.41) is 14.0. The fraction of sp³-hybridized carbons (Fsp3) is 0.143. The normalized spacial score (nSPS) is 10.2. The molecule has 2 radical (unpaired) electrons. The van der Waals surface area contributed by atoms with Crippen LogP contribution in [0.1, 0.15) is 11.1 Å². The van der Waals surface area contributed by atoms with Gasteiger partial charge in [0.1, 0.15) is 0 Å². The molecule has 0 saturated carbocycles. The van der Waals surface area contributed by atoms with Gasteiger partial charge >= 0.3 is 26.2 Å². The molecule has 0 atom stereocenters. The van der Waals surface area contributed by atoms with Gasteiger partial charge in [-0.1, -0.05) is 64.3 Å². The molecule has 0 unspecified atom stereocenters. The summed E-state index contributed by atoms with van der Waals surface area (Å²) in [6.45, 7) is 13.6. The van der Waals surface area contributed by atoms with Crippen LogP contribution in [0.5, 0.6) is 0 Å². The van der Waals surface area contributed by atoms with Crippen LogP contribution >= 0.6 is 0 Å². The van der Waals surface area contributed by atoms with E-state index in [2.05, 4.69) is 186 Å². The molecule has 0 amide bonds. The summed E-state index contributed by atoms with van der Waals surface area (Å²) in [4.78, 5) is 0. The van der Waals surface area contributed by atoms with Crippen molar-refractivity contribution >= 4 is 71.1 Å². The number of aryl methyl sites for hydroxylation is 2. The van der Waals surface area contributed by atoms with Gasteiger partial charge in [-0.05, 0) is 0 Å². The molecule has 0 aliphatic rings. The Balaban J connectivity index is 0.000000214.